The van der Waals surface area contributed by atoms with Crippen LogP contribution in [0.5, 0.6) is 0 Å². The highest BCUT2D eigenvalue weighted by atomic mass is 16.6. The molecule has 0 saturated carbocycles. The van der Waals surface area contributed by atoms with Crippen molar-refractivity contribution in [1.29, 1.82) is 0 Å². The summed E-state index contributed by atoms with van der Waals surface area (Å²) in [4.78, 5) is 38.0. The van der Waals surface area contributed by atoms with Gasteiger partial charge in [-0.3, -0.25) is 4.79 Å². The zero-order valence-corrected chi connectivity index (χ0v) is 13.9. The molecule has 1 N–H and O–H groups in total. The predicted octanol–water partition coefficient (Wildman–Crippen LogP) is 1.64. The summed E-state index contributed by atoms with van der Waals surface area (Å²) in [6.45, 7) is 4.47. The minimum Gasteiger partial charge on any atom is -0.462 e. The Morgan fingerprint density at radius 3 is 2.54 bits per heavy atom. The first-order chi connectivity index (χ1) is 11.6. The van der Waals surface area contributed by atoms with Crippen molar-refractivity contribution in [3.63, 3.8) is 0 Å². The topological polar surface area (TPSA) is 84.9 Å². The molecule has 2 rings (SSSR count). The largest absolute Gasteiger partial charge is 0.462 e. The van der Waals surface area contributed by atoms with Gasteiger partial charge in [-0.15, -0.1) is 0 Å². The van der Waals surface area contributed by atoms with Crippen LogP contribution in [-0.2, 0) is 19.1 Å². The molecule has 0 aromatic heterocycles. The SMILES string of the molecule is CCOCCOC(=O)C(CC)N1C(=O)NC(c2ccccc2)C1=O. The first-order valence-corrected chi connectivity index (χ1v) is 8.03. The first-order valence-electron chi connectivity index (χ1n) is 8.03. The number of rotatable bonds is 8. The molecule has 2 atom stereocenters. The number of nitrogens with zero attached hydrogens (tertiary/aromatic N) is 1. The van der Waals surface area contributed by atoms with Gasteiger partial charge in [0.2, 0.25) is 0 Å². The maximum absolute atomic E-state index is 12.6. The van der Waals surface area contributed by atoms with Gasteiger partial charge in [0.25, 0.3) is 5.91 Å². The summed E-state index contributed by atoms with van der Waals surface area (Å²) in [5.41, 5.74) is 0.679. The highest BCUT2D eigenvalue weighted by Crippen LogP contribution is 2.24. The number of imide groups is 1. The Labute approximate surface area is 140 Å². The quantitative estimate of drug-likeness (QED) is 0.444. The lowest BCUT2D eigenvalue weighted by molar-refractivity contribution is -0.153. The molecule has 130 valence electrons. The molecule has 7 nitrogen and oxygen atoms in total. The van der Waals surface area contributed by atoms with Crippen molar-refractivity contribution in [2.24, 2.45) is 0 Å². The van der Waals surface area contributed by atoms with E-state index in [1.165, 1.54) is 0 Å². The number of esters is 1. The number of carbonyl (C=O) groups is 3. The summed E-state index contributed by atoms with van der Waals surface area (Å²) in [5.74, 6) is -1.05. The molecule has 1 heterocycles. The summed E-state index contributed by atoms with van der Waals surface area (Å²) < 4.78 is 10.2. The van der Waals surface area contributed by atoms with E-state index in [9.17, 15) is 14.4 Å². The summed E-state index contributed by atoms with van der Waals surface area (Å²) in [6, 6.07) is 6.63. The molecule has 1 saturated heterocycles. The van der Waals surface area contributed by atoms with Gasteiger partial charge >= 0.3 is 12.0 Å². The third-order valence-corrected chi connectivity index (χ3v) is 3.75. The van der Waals surface area contributed by atoms with Gasteiger partial charge in [0.1, 0.15) is 18.7 Å². The number of benzene rings is 1. The monoisotopic (exact) mass is 334 g/mol. The van der Waals surface area contributed by atoms with Crippen LogP contribution in [0.3, 0.4) is 0 Å². The molecule has 1 aromatic carbocycles. The van der Waals surface area contributed by atoms with E-state index in [0.29, 0.717) is 12.2 Å². The van der Waals surface area contributed by atoms with Crippen LogP contribution in [0.1, 0.15) is 31.9 Å². The minimum atomic E-state index is -0.937. The number of hydrogen-bond acceptors (Lipinski definition) is 5. The normalized spacial score (nSPS) is 18.4. The molecule has 0 aliphatic carbocycles. The maximum Gasteiger partial charge on any atom is 0.329 e. The third kappa shape index (κ3) is 3.91. The molecular formula is C17H22N2O5. The highest BCUT2D eigenvalue weighted by molar-refractivity contribution is 6.07. The van der Waals surface area contributed by atoms with E-state index in [1.807, 2.05) is 13.0 Å². The Balaban J connectivity index is 2.07. The standard InChI is InChI=1S/C17H22N2O5/c1-3-13(16(21)24-11-10-23-4-2)19-15(20)14(18-17(19)22)12-8-6-5-7-9-12/h5-9,13-14H,3-4,10-11H2,1-2H3,(H,18,22). The molecule has 2 unspecified atom stereocenters. The smallest absolute Gasteiger partial charge is 0.329 e. The predicted molar refractivity (Wildman–Crippen MR) is 86.1 cm³/mol. The molecule has 24 heavy (non-hydrogen) atoms. The van der Waals surface area contributed by atoms with Gasteiger partial charge in [0, 0.05) is 6.61 Å². The molecule has 0 spiro atoms. The Morgan fingerprint density at radius 2 is 1.92 bits per heavy atom. The molecule has 1 aromatic rings. The summed E-state index contributed by atoms with van der Waals surface area (Å²) in [7, 11) is 0. The summed E-state index contributed by atoms with van der Waals surface area (Å²) in [6.07, 6.45) is 0.286. The van der Waals surface area contributed by atoms with Crippen LogP contribution in [0, 0.1) is 0 Å². The Morgan fingerprint density at radius 1 is 1.21 bits per heavy atom. The molecule has 7 heteroatoms. The van der Waals surface area contributed by atoms with Crippen LogP contribution in [-0.4, -0.2) is 48.7 Å². The molecule has 1 aliphatic heterocycles. The van der Waals surface area contributed by atoms with Gasteiger partial charge in [0.05, 0.1) is 6.61 Å². The lowest BCUT2D eigenvalue weighted by Gasteiger charge is -2.22. The Bertz CT molecular complexity index is 590. The van der Waals surface area contributed by atoms with Gasteiger partial charge in [-0.05, 0) is 18.9 Å². The van der Waals surface area contributed by atoms with Crippen molar-refractivity contribution in [2.45, 2.75) is 32.4 Å². The second-order valence-corrected chi connectivity index (χ2v) is 5.29. The molecule has 0 bridgehead atoms. The lowest BCUT2D eigenvalue weighted by Crippen LogP contribution is -2.46. The van der Waals surface area contributed by atoms with Crippen LogP contribution in [0.2, 0.25) is 0 Å². The van der Waals surface area contributed by atoms with Crippen molar-refractivity contribution in [3.05, 3.63) is 35.9 Å². The lowest BCUT2D eigenvalue weighted by atomic mass is 10.1. The van der Waals surface area contributed by atoms with E-state index in [-0.39, 0.29) is 19.6 Å². The molecular weight excluding hydrogens is 312 g/mol. The molecule has 0 radical (unpaired) electrons. The van der Waals surface area contributed by atoms with Gasteiger partial charge < -0.3 is 14.8 Å². The minimum absolute atomic E-state index is 0.0922. The average molecular weight is 334 g/mol. The van der Waals surface area contributed by atoms with E-state index in [2.05, 4.69) is 5.32 Å². The second-order valence-electron chi connectivity index (χ2n) is 5.29. The van der Waals surface area contributed by atoms with E-state index in [1.54, 1.807) is 31.2 Å². The zero-order chi connectivity index (χ0) is 17.5. The molecule has 1 fully saturated rings. The number of amides is 3. The van der Waals surface area contributed by atoms with E-state index in [4.69, 9.17) is 9.47 Å². The summed E-state index contributed by atoms with van der Waals surface area (Å²) in [5, 5.41) is 2.62. The number of carbonyl (C=O) groups excluding carboxylic acids is 3. The van der Waals surface area contributed by atoms with Crippen LogP contribution in [0.25, 0.3) is 0 Å². The zero-order valence-electron chi connectivity index (χ0n) is 13.9. The van der Waals surface area contributed by atoms with Gasteiger partial charge in [-0.25, -0.2) is 14.5 Å². The Hall–Kier alpha value is -2.41. The fraction of sp³-hybridized carbons (Fsp3) is 0.471. The fourth-order valence-corrected chi connectivity index (χ4v) is 2.56. The van der Waals surface area contributed by atoms with Crippen LogP contribution in [0.15, 0.2) is 30.3 Å². The van der Waals surface area contributed by atoms with Crippen LogP contribution < -0.4 is 5.32 Å². The van der Waals surface area contributed by atoms with Crippen LogP contribution >= 0.6 is 0 Å². The second kappa shape index (κ2) is 8.44. The fourth-order valence-electron chi connectivity index (χ4n) is 2.56. The Kier molecular flexibility index (Phi) is 6.31. The van der Waals surface area contributed by atoms with Crippen LogP contribution in [0.4, 0.5) is 4.79 Å². The van der Waals surface area contributed by atoms with E-state index in [0.717, 1.165) is 4.90 Å². The molecule has 3 amide bonds. The van der Waals surface area contributed by atoms with Crippen molar-refractivity contribution >= 4 is 17.9 Å². The molecule has 1 aliphatic rings. The number of hydrogen-bond donors (Lipinski definition) is 1. The van der Waals surface area contributed by atoms with Crippen molar-refractivity contribution in [3.8, 4) is 0 Å². The third-order valence-electron chi connectivity index (χ3n) is 3.75. The van der Waals surface area contributed by atoms with Gasteiger partial charge in [-0.2, -0.15) is 0 Å². The maximum atomic E-state index is 12.6. The van der Waals surface area contributed by atoms with E-state index >= 15 is 0 Å². The first kappa shape index (κ1) is 17.9. The van der Waals surface area contributed by atoms with Gasteiger partial charge in [-0.1, -0.05) is 37.3 Å². The van der Waals surface area contributed by atoms with Crippen molar-refractivity contribution in [1.82, 2.24) is 10.2 Å². The number of nitrogens with one attached hydrogen (secondary N) is 1. The highest BCUT2D eigenvalue weighted by Gasteiger charge is 2.45. The summed E-state index contributed by atoms with van der Waals surface area (Å²) >= 11 is 0. The average Bonchev–Trinajstić information content (AvgIpc) is 2.89. The van der Waals surface area contributed by atoms with Crippen molar-refractivity contribution in [2.75, 3.05) is 19.8 Å². The number of urea groups is 1. The van der Waals surface area contributed by atoms with E-state index < -0.39 is 30.0 Å². The van der Waals surface area contributed by atoms with Gasteiger partial charge in [0.15, 0.2) is 0 Å². The van der Waals surface area contributed by atoms with Crippen molar-refractivity contribution < 1.29 is 23.9 Å². The number of ether oxygens (including phenoxy) is 2.